The molecule has 0 atom stereocenters. The van der Waals surface area contributed by atoms with Crippen LogP contribution >= 0.6 is 0 Å². The summed E-state index contributed by atoms with van der Waals surface area (Å²) >= 11 is 0. The molecule has 0 aliphatic heterocycles. The van der Waals surface area contributed by atoms with Crippen LogP contribution in [0.5, 0.6) is 0 Å². The maximum absolute atomic E-state index is 10.5. The van der Waals surface area contributed by atoms with Crippen molar-refractivity contribution < 1.29 is 4.79 Å². The van der Waals surface area contributed by atoms with E-state index in [2.05, 4.69) is 4.99 Å². The SMILES string of the molecule is C/N=C(\C=O)c1ccccc1N. The van der Waals surface area contributed by atoms with Crippen molar-refractivity contribution in [2.75, 3.05) is 12.8 Å². The van der Waals surface area contributed by atoms with Crippen molar-refractivity contribution in [1.82, 2.24) is 0 Å². The van der Waals surface area contributed by atoms with E-state index in [9.17, 15) is 4.79 Å². The lowest BCUT2D eigenvalue weighted by atomic mass is 10.1. The molecule has 1 aromatic carbocycles. The average molecular weight is 162 g/mol. The zero-order valence-electron chi connectivity index (χ0n) is 6.82. The van der Waals surface area contributed by atoms with Crippen LogP contribution in [-0.4, -0.2) is 19.0 Å². The Balaban J connectivity index is 3.18. The van der Waals surface area contributed by atoms with E-state index in [4.69, 9.17) is 5.73 Å². The van der Waals surface area contributed by atoms with Gasteiger partial charge in [0.05, 0.1) is 0 Å². The van der Waals surface area contributed by atoms with E-state index in [1.54, 1.807) is 19.2 Å². The summed E-state index contributed by atoms with van der Waals surface area (Å²) in [6, 6.07) is 7.15. The van der Waals surface area contributed by atoms with Gasteiger partial charge in [0.25, 0.3) is 0 Å². The molecule has 62 valence electrons. The summed E-state index contributed by atoms with van der Waals surface area (Å²) in [5, 5.41) is 0. The molecule has 0 aliphatic carbocycles. The minimum atomic E-state index is 0.383. The minimum absolute atomic E-state index is 0.383. The van der Waals surface area contributed by atoms with Crippen LogP contribution in [0.25, 0.3) is 0 Å². The quantitative estimate of drug-likeness (QED) is 0.399. The summed E-state index contributed by atoms with van der Waals surface area (Å²) in [7, 11) is 1.57. The molecule has 0 fully saturated rings. The van der Waals surface area contributed by atoms with Crippen molar-refractivity contribution in [1.29, 1.82) is 0 Å². The molecular weight excluding hydrogens is 152 g/mol. The molecular formula is C9H10N2O. The van der Waals surface area contributed by atoms with Crippen molar-refractivity contribution in [2.24, 2.45) is 4.99 Å². The van der Waals surface area contributed by atoms with Crippen molar-refractivity contribution in [3.8, 4) is 0 Å². The molecule has 0 spiro atoms. The monoisotopic (exact) mass is 162 g/mol. The lowest BCUT2D eigenvalue weighted by Crippen LogP contribution is -2.05. The highest BCUT2D eigenvalue weighted by Crippen LogP contribution is 2.10. The Morgan fingerprint density at radius 1 is 1.50 bits per heavy atom. The highest BCUT2D eigenvalue weighted by atomic mass is 16.1. The number of rotatable bonds is 2. The fourth-order valence-corrected chi connectivity index (χ4v) is 0.967. The normalized spacial score (nSPS) is 11.2. The number of aliphatic imine (C=N–C) groups is 1. The number of nitrogens with zero attached hydrogens (tertiary/aromatic N) is 1. The second kappa shape index (κ2) is 3.67. The summed E-state index contributed by atoms with van der Waals surface area (Å²) in [6.07, 6.45) is 0.700. The lowest BCUT2D eigenvalue weighted by molar-refractivity contribution is -0.102. The maximum atomic E-state index is 10.5. The summed E-state index contributed by atoms with van der Waals surface area (Å²) in [6.45, 7) is 0. The van der Waals surface area contributed by atoms with Gasteiger partial charge < -0.3 is 5.73 Å². The second-order valence-electron chi connectivity index (χ2n) is 2.31. The predicted molar refractivity (Wildman–Crippen MR) is 49.4 cm³/mol. The first-order chi connectivity index (χ1) is 5.79. The molecule has 0 radical (unpaired) electrons. The zero-order chi connectivity index (χ0) is 8.97. The molecule has 0 saturated heterocycles. The number of benzene rings is 1. The summed E-state index contributed by atoms with van der Waals surface area (Å²) in [5.41, 5.74) is 7.28. The number of hydrogen-bond donors (Lipinski definition) is 1. The fourth-order valence-electron chi connectivity index (χ4n) is 0.967. The first-order valence-corrected chi connectivity index (χ1v) is 3.56. The highest BCUT2D eigenvalue weighted by molar-refractivity contribution is 6.37. The maximum Gasteiger partial charge on any atom is 0.168 e. The van der Waals surface area contributed by atoms with E-state index in [1.807, 2.05) is 12.1 Å². The van der Waals surface area contributed by atoms with E-state index in [0.29, 0.717) is 23.2 Å². The van der Waals surface area contributed by atoms with Crippen LogP contribution in [0.1, 0.15) is 5.56 Å². The third kappa shape index (κ3) is 1.50. The number of anilines is 1. The van der Waals surface area contributed by atoms with E-state index < -0.39 is 0 Å². The van der Waals surface area contributed by atoms with Crippen molar-refractivity contribution in [3.63, 3.8) is 0 Å². The van der Waals surface area contributed by atoms with Crippen molar-refractivity contribution in [3.05, 3.63) is 29.8 Å². The first kappa shape index (κ1) is 8.46. The molecule has 3 nitrogen and oxygen atoms in total. The molecule has 0 aromatic heterocycles. The number of nitrogens with two attached hydrogens (primary N) is 1. The van der Waals surface area contributed by atoms with Crippen LogP contribution < -0.4 is 5.73 Å². The van der Waals surface area contributed by atoms with Gasteiger partial charge in [0.15, 0.2) is 6.29 Å². The van der Waals surface area contributed by atoms with Gasteiger partial charge in [0.1, 0.15) is 5.71 Å². The van der Waals surface area contributed by atoms with Crippen LogP contribution in [0, 0.1) is 0 Å². The van der Waals surface area contributed by atoms with Crippen LogP contribution in [0.4, 0.5) is 5.69 Å². The second-order valence-corrected chi connectivity index (χ2v) is 2.31. The molecule has 1 aromatic rings. The standard InChI is InChI=1S/C9H10N2O/c1-11-9(6-12)7-4-2-3-5-8(7)10/h2-6H,10H2,1H3/b11-9+. The molecule has 0 amide bonds. The van der Waals surface area contributed by atoms with Gasteiger partial charge in [0, 0.05) is 18.3 Å². The molecule has 12 heavy (non-hydrogen) atoms. The Bertz CT molecular complexity index is 318. The summed E-state index contributed by atoms with van der Waals surface area (Å²) < 4.78 is 0. The zero-order valence-corrected chi connectivity index (χ0v) is 6.82. The van der Waals surface area contributed by atoms with Gasteiger partial charge in [-0.05, 0) is 6.07 Å². The number of hydrogen-bond acceptors (Lipinski definition) is 3. The Hall–Kier alpha value is -1.64. The van der Waals surface area contributed by atoms with Gasteiger partial charge in [-0.2, -0.15) is 0 Å². The molecule has 0 saturated carbocycles. The molecule has 2 N–H and O–H groups in total. The number of carbonyl (C=O) groups is 1. The van der Waals surface area contributed by atoms with Crippen LogP contribution in [0.3, 0.4) is 0 Å². The van der Waals surface area contributed by atoms with Gasteiger partial charge >= 0.3 is 0 Å². The molecule has 1 rings (SSSR count). The fraction of sp³-hybridized carbons (Fsp3) is 0.111. The Morgan fingerprint density at radius 2 is 2.17 bits per heavy atom. The van der Waals surface area contributed by atoms with E-state index in [-0.39, 0.29) is 0 Å². The number of carbonyl (C=O) groups excluding carboxylic acids is 1. The smallest absolute Gasteiger partial charge is 0.168 e. The topological polar surface area (TPSA) is 55.5 Å². The van der Waals surface area contributed by atoms with E-state index in [1.165, 1.54) is 0 Å². The molecule has 0 unspecified atom stereocenters. The average Bonchev–Trinajstić information content (AvgIpc) is 2.10. The van der Waals surface area contributed by atoms with Crippen LogP contribution in [-0.2, 0) is 4.79 Å². The van der Waals surface area contributed by atoms with Gasteiger partial charge in [0.2, 0.25) is 0 Å². The minimum Gasteiger partial charge on any atom is -0.398 e. The van der Waals surface area contributed by atoms with Gasteiger partial charge in [-0.3, -0.25) is 9.79 Å². The van der Waals surface area contributed by atoms with Crippen LogP contribution in [0.15, 0.2) is 29.3 Å². The third-order valence-electron chi connectivity index (χ3n) is 1.59. The molecule has 0 aliphatic rings. The summed E-state index contributed by atoms with van der Waals surface area (Å²) in [4.78, 5) is 14.3. The van der Waals surface area contributed by atoms with Crippen molar-refractivity contribution in [2.45, 2.75) is 0 Å². The predicted octanol–water partition coefficient (Wildman–Crippen LogP) is 0.887. The lowest BCUT2D eigenvalue weighted by Gasteiger charge is -2.01. The third-order valence-corrected chi connectivity index (χ3v) is 1.59. The van der Waals surface area contributed by atoms with Gasteiger partial charge in [-0.15, -0.1) is 0 Å². The number of aldehydes is 1. The van der Waals surface area contributed by atoms with E-state index in [0.717, 1.165) is 0 Å². The van der Waals surface area contributed by atoms with E-state index >= 15 is 0 Å². The molecule has 3 heteroatoms. The molecule has 0 heterocycles. The largest absolute Gasteiger partial charge is 0.398 e. The highest BCUT2D eigenvalue weighted by Gasteiger charge is 2.03. The number of nitrogen functional groups attached to an aromatic ring is 1. The Kier molecular flexibility index (Phi) is 2.58. The van der Waals surface area contributed by atoms with Crippen LogP contribution in [0.2, 0.25) is 0 Å². The molecule has 0 bridgehead atoms. The Labute approximate surface area is 70.9 Å². The Morgan fingerprint density at radius 3 is 2.67 bits per heavy atom. The van der Waals surface area contributed by atoms with Crippen molar-refractivity contribution >= 4 is 17.7 Å². The first-order valence-electron chi connectivity index (χ1n) is 3.56. The number of para-hydroxylation sites is 1. The van der Waals surface area contributed by atoms with Gasteiger partial charge in [-0.1, -0.05) is 18.2 Å². The summed E-state index contributed by atoms with van der Waals surface area (Å²) in [5.74, 6) is 0. The van der Waals surface area contributed by atoms with Gasteiger partial charge in [-0.25, -0.2) is 0 Å².